The molecule has 0 fully saturated rings. The monoisotopic (exact) mass is 877 g/mol. The molecule has 2 aliphatic carbocycles. The van der Waals surface area contributed by atoms with Gasteiger partial charge in [0.15, 0.2) is 0 Å². The van der Waals surface area contributed by atoms with Gasteiger partial charge in [0.05, 0.1) is 15.8 Å². The van der Waals surface area contributed by atoms with Crippen LogP contribution in [0.15, 0.2) is 200 Å². The average Bonchev–Trinajstić information content (AvgIpc) is 3.98. The number of hydrogen-bond donors (Lipinski definition) is 0. The smallest absolute Gasteiger partial charge is 0.0726 e. The van der Waals surface area contributed by atoms with E-state index < -0.39 is 5.41 Å². The van der Waals surface area contributed by atoms with E-state index in [9.17, 15) is 0 Å². The first-order valence-corrected chi connectivity index (χ1v) is 24.6. The third-order valence-corrected chi connectivity index (χ3v) is 16.2. The summed E-state index contributed by atoms with van der Waals surface area (Å²) in [5.41, 5.74) is 18.8. The lowest BCUT2D eigenvalue weighted by atomic mass is 9.68. The molecule has 67 heavy (non-hydrogen) atoms. The van der Waals surface area contributed by atoms with E-state index in [1.165, 1.54) is 114 Å². The van der Waals surface area contributed by atoms with E-state index >= 15 is 0 Å². The number of rotatable bonds is 4. The van der Waals surface area contributed by atoms with E-state index in [1.54, 1.807) is 0 Å². The maximum atomic E-state index is 2.56. The van der Waals surface area contributed by atoms with Crippen molar-refractivity contribution in [2.75, 3.05) is 4.90 Å². The maximum absolute atomic E-state index is 2.56. The molecular weight excluding hydrogens is 827 g/mol. The fourth-order valence-electron chi connectivity index (χ4n) is 11.7. The lowest BCUT2D eigenvalue weighted by molar-refractivity contribution is 0.586. The topological polar surface area (TPSA) is 3.24 Å². The molecule has 0 bridgehead atoms. The average molecular weight is 878 g/mol. The number of hydrogen-bond acceptors (Lipinski definition) is 2. The SMILES string of the molecule is CC(C)(C)c1ccc2c(c1)C1(c3ccccc3-c3ccc(N(c4ccc(-c5cccc6ccccc56)cc4)c4cccc5c4sc4ccc6ccccc6c45)cc31)c1cc(C(C)(C)C)ccc1-2. The number of thiophene rings is 1. The zero-order chi connectivity index (χ0) is 45.4. The minimum Gasteiger partial charge on any atom is -0.309 e. The fourth-order valence-corrected chi connectivity index (χ4v) is 12.9. The molecule has 1 spiro atoms. The summed E-state index contributed by atoms with van der Waals surface area (Å²) in [6, 6.07) is 76.3. The van der Waals surface area contributed by atoms with Crippen molar-refractivity contribution >= 4 is 70.1 Å². The molecule has 0 saturated heterocycles. The molecule has 0 aliphatic heterocycles. The second-order valence-corrected chi connectivity index (χ2v) is 21.9. The summed E-state index contributed by atoms with van der Waals surface area (Å²) in [5.74, 6) is 0. The molecule has 0 unspecified atom stereocenters. The van der Waals surface area contributed by atoms with E-state index in [2.05, 4.69) is 247 Å². The molecular formula is C65H51NS. The van der Waals surface area contributed by atoms with Crippen LogP contribution in [0.25, 0.3) is 75.1 Å². The van der Waals surface area contributed by atoms with Gasteiger partial charge in [0, 0.05) is 26.8 Å². The van der Waals surface area contributed by atoms with Crippen LogP contribution in [0.2, 0.25) is 0 Å². The van der Waals surface area contributed by atoms with Gasteiger partial charge in [0.2, 0.25) is 0 Å². The van der Waals surface area contributed by atoms with Gasteiger partial charge in [-0.2, -0.15) is 0 Å². The van der Waals surface area contributed by atoms with Crippen LogP contribution in [0.5, 0.6) is 0 Å². The lowest BCUT2D eigenvalue weighted by Crippen LogP contribution is -2.27. The Morgan fingerprint density at radius 2 is 0.910 bits per heavy atom. The molecule has 11 aromatic rings. The minimum absolute atomic E-state index is 0.0202. The van der Waals surface area contributed by atoms with Gasteiger partial charge in [-0.25, -0.2) is 0 Å². The molecule has 1 nitrogen and oxygen atoms in total. The predicted octanol–water partition coefficient (Wildman–Crippen LogP) is 18.4. The van der Waals surface area contributed by atoms with Gasteiger partial charge in [-0.3, -0.25) is 0 Å². The minimum atomic E-state index is -0.512. The number of nitrogens with zero attached hydrogens (tertiary/aromatic N) is 1. The molecule has 1 heterocycles. The zero-order valence-corrected chi connectivity index (χ0v) is 39.7. The second kappa shape index (κ2) is 14.4. The number of benzene rings is 10. The Balaban J connectivity index is 1.09. The van der Waals surface area contributed by atoms with Crippen LogP contribution < -0.4 is 4.90 Å². The second-order valence-electron chi connectivity index (χ2n) is 20.9. The van der Waals surface area contributed by atoms with Gasteiger partial charge < -0.3 is 4.90 Å². The summed E-state index contributed by atoms with van der Waals surface area (Å²) in [4.78, 5) is 2.54. The highest BCUT2D eigenvalue weighted by molar-refractivity contribution is 7.26. The third kappa shape index (κ3) is 5.85. The van der Waals surface area contributed by atoms with E-state index in [1.807, 2.05) is 11.3 Å². The molecule has 0 saturated carbocycles. The maximum Gasteiger partial charge on any atom is 0.0726 e. The molecule has 0 atom stereocenters. The molecule has 0 amide bonds. The Hall–Kier alpha value is -7.26. The normalized spacial score (nSPS) is 13.6. The van der Waals surface area contributed by atoms with Gasteiger partial charge >= 0.3 is 0 Å². The van der Waals surface area contributed by atoms with Crippen LogP contribution >= 0.6 is 11.3 Å². The standard InChI is InChI=1S/C65H51NS/c1-63(2,3)43-28-33-51-52-34-29-44(64(4,5)6)38-57(52)65(56(51)37-43)55-23-12-11-20-50(55)53-35-32-46(39-58(53)65)66(45-30-25-42(26-31-45)48-21-13-17-40-15-7-9-18-47(40)48)59-24-14-22-54-61-49-19-10-8-16-41(49)27-36-60(61)67-62(54)59/h7-39H,1-6H3. The van der Waals surface area contributed by atoms with Gasteiger partial charge in [0.25, 0.3) is 0 Å². The highest BCUT2D eigenvalue weighted by atomic mass is 32.1. The summed E-state index contributed by atoms with van der Waals surface area (Å²) >= 11 is 1.90. The summed E-state index contributed by atoms with van der Waals surface area (Å²) in [7, 11) is 0. The molecule has 10 aromatic carbocycles. The Kier molecular flexibility index (Phi) is 8.59. The molecule has 0 N–H and O–H groups in total. The predicted molar refractivity (Wildman–Crippen MR) is 288 cm³/mol. The van der Waals surface area contributed by atoms with Crippen molar-refractivity contribution in [2.45, 2.75) is 57.8 Å². The van der Waals surface area contributed by atoms with Gasteiger partial charge in [-0.1, -0.05) is 205 Å². The van der Waals surface area contributed by atoms with Crippen molar-refractivity contribution in [3.8, 4) is 33.4 Å². The number of fused-ring (bicyclic) bond motifs is 16. The largest absolute Gasteiger partial charge is 0.309 e. The first-order valence-electron chi connectivity index (χ1n) is 23.7. The molecule has 1 aromatic heterocycles. The van der Waals surface area contributed by atoms with Crippen molar-refractivity contribution in [3.63, 3.8) is 0 Å². The van der Waals surface area contributed by atoms with Crippen molar-refractivity contribution in [3.05, 3.63) is 234 Å². The first-order chi connectivity index (χ1) is 32.5. The van der Waals surface area contributed by atoms with Crippen molar-refractivity contribution in [1.82, 2.24) is 0 Å². The van der Waals surface area contributed by atoms with Gasteiger partial charge in [0.1, 0.15) is 0 Å². The lowest BCUT2D eigenvalue weighted by Gasteiger charge is -2.34. The summed E-state index contributed by atoms with van der Waals surface area (Å²) in [6.07, 6.45) is 0. The van der Waals surface area contributed by atoms with E-state index in [4.69, 9.17) is 0 Å². The summed E-state index contributed by atoms with van der Waals surface area (Å²) in [5, 5.41) is 7.71. The Bertz CT molecular complexity index is 3760. The molecule has 322 valence electrons. The fraction of sp³-hybridized carbons (Fsp3) is 0.138. The van der Waals surface area contributed by atoms with E-state index in [0.29, 0.717) is 0 Å². The summed E-state index contributed by atoms with van der Waals surface area (Å²) < 4.78 is 2.59. The van der Waals surface area contributed by atoms with Crippen molar-refractivity contribution < 1.29 is 0 Å². The van der Waals surface area contributed by atoms with Crippen molar-refractivity contribution in [1.29, 1.82) is 0 Å². The van der Waals surface area contributed by atoms with E-state index in [-0.39, 0.29) is 10.8 Å². The molecule has 13 rings (SSSR count). The number of anilines is 3. The Morgan fingerprint density at radius 3 is 1.61 bits per heavy atom. The molecule has 0 radical (unpaired) electrons. The summed E-state index contributed by atoms with van der Waals surface area (Å²) in [6.45, 7) is 14.1. The zero-order valence-electron chi connectivity index (χ0n) is 38.9. The van der Waals surface area contributed by atoms with Gasteiger partial charge in [-0.15, -0.1) is 11.3 Å². The highest BCUT2D eigenvalue weighted by Crippen LogP contribution is 2.64. The third-order valence-electron chi connectivity index (χ3n) is 15.0. The molecule has 2 aliphatic rings. The Morgan fingerprint density at radius 1 is 0.388 bits per heavy atom. The van der Waals surface area contributed by atoms with Crippen LogP contribution in [0.3, 0.4) is 0 Å². The first kappa shape index (κ1) is 40.1. The van der Waals surface area contributed by atoms with Crippen LogP contribution in [0.4, 0.5) is 17.1 Å². The highest BCUT2D eigenvalue weighted by Gasteiger charge is 2.52. The quantitative estimate of drug-likeness (QED) is 0.170. The van der Waals surface area contributed by atoms with Crippen LogP contribution in [0.1, 0.15) is 74.9 Å². The Labute approximate surface area is 397 Å². The van der Waals surface area contributed by atoms with E-state index in [0.717, 1.165) is 11.4 Å². The van der Waals surface area contributed by atoms with Gasteiger partial charge in [-0.05, 0) is 136 Å². The van der Waals surface area contributed by atoms with Crippen LogP contribution in [0, 0.1) is 0 Å². The van der Waals surface area contributed by atoms with Crippen LogP contribution in [-0.4, -0.2) is 0 Å². The molecule has 2 heteroatoms. The van der Waals surface area contributed by atoms with Crippen LogP contribution in [-0.2, 0) is 16.2 Å². The van der Waals surface area contributed by atoms with Crippen molar-refractivity contribution in [2.24, 2.45) is 0 Å².